The number of carbonyl (C=O) groups excluding carboxylic acids is 1. The molecular formula is C20H24N2O3. The number of hydrogen-bond donors (Lipinski definition) is 0. The fraction of sp³-hybridized carbons (Fsp3) is 0.400. The molecule has 1 aromatic heterocycles. The molecule has 25 heavy (non-hydrogen) atoms. The van der Waals surface area contributed by atoms with E-state index in [-0.39, 0.29) is 12.0 Å². The SMILES string of the molecule is COc1ccc(CC(=O)N2CCC(Oc3ccc(C)nc3)CC2)cc1. The molecule has 2 heterocycles. The smallest absolute Gasteiger partial charge is 0.226 e. The Balaban J connectivity index is 1.47. The van der Waals surface area contributed by atoms with Crippen LogP contribution >= 0.6 is 0 Å². The predicted molar refractivity (Wildman–Crippen MR) is 95.9 cm³/mol. The van der Waals surface area contributed by atoms with Gasteiger partial charge >= 0.3 is 0 Å². The minimum Gasteiger partial charge on any atom is -0.497 e. The quantitative estimate of drug-likeness (QED) is 0.839. The van der Waals surface area contributed by atoms with Gasteiger partial charge in [0, 0.05) is 31.6 Å². The van der Waals surface area contributed by atoms with Crippen molar-refractivity contribution >= 4 is 5.91 Å². The van der Waals surface area contributed by atoms with Crippen LogP contribution in [0.15, 0.2) is 42.6 Å². The molecule has 2 aromatic rings. The van der Waals surface area contributed by atoms with Crippen molar-refractivity contribution in [1.29, 1.82) is 0 Å². The molecule has 0 spiro atoms. The van der Waals surface area contributed by atoms with Crippen LogP contribution in [0.3, 0.4) is 0 Å². The number of piperidine rings is 1. The molecule has 0 bridgehead atoms. The van der Waals surface area contributed by atoms with E-state index in [1.165, 1.54) is 0 Å². The second kappa shape index (κ2) is 8.01. The topological polar surface area (TPSA) is 51.7 Å². The molecule has 1 amide bonds. The van der Waals surface area contributed by atoms with Crippen LogP contribution in [0.1, 0.15) is 24.1 Å². The summed E-state index contributed by atoms with van der Waals surface area (Å²) in [6.45, 7) is 3.43. The van der Waals surface area contributed by atoms with Gasteiger partial charge in [0.2, 0.25) is 5.91 Å². The molecule has 5 nitrogen and oxygen atoms in total. The van der Waals surface area contributed by atoms with Crippen LogP contribution in [0.4, 0.5) is 0 Å². The lowest BCUT2D eigenvalue weighted by Crippen LogP contribution is -2.42. The van der Waals surface area contributed by atoms with Crippen molar-refractivity contribution in [3.05, 3.63) is 53.9 Å². The lowest BCUT2D eigenvalue weighted by atomic mass is 10.1. The lowest BCUT2D eigenvalue weighted by Gasteiger charge is -2.32. The van der Waals surface area contributed by atoms with Gasteiger partial charge in [-0.3, -0.25) is 9.78 Å². The van der Waals surface area contributed by atoms with Gasteiger partial charge in [-0.15, -0.1) is 0 Å². The Kier molecular flexibility index (Phi) is 5.53. The van der Waals surface area contributed by atoms with Gasteiger partial charge in [0.25, 0.3) is 0 Å². The average Bonchev–Trinajstić information content (AvgIpc) is 2.65. The van der Waals surface area contributed by atoms with Crippen LogP contribution in [0.25, 0.3) is 0 Å². The number of pyridine rings is 1. The molecular weight excluding hydrogens is 316 g/mol. The number of ether oxygens (including phenoxy) is 2. The molecule has 1 aliphatic heterocycles. The highest BCUT2D eigenvalue weighted by molar-refractivity contribution is 5.78. The van der Waals surface area contributed by atoms with Crippen LogP contribution in [-0.4, -0.2) is 42.1 Å². The summed E-state index contributed by atoms with van der Waals surface area (Å²) in [4.78, 5) is 18.6. The number of methoxy groups -OCH3 is 1. The first-order valence-electron chi connectivity index (χ1n) is 8.64. The van der Waals surface area contributed by atoms with Gasteiger partial charge in [0.05, 0.1) is 19.7 Å². The summed E-state index contributed by atoms with van der Waals surface area (Å²) < 4.78 is 11.1. The number of hydrogen-bond acceptors (Lipinski definition) is 4. The van der Waals surface area contributed by atoms with Crippen LogP contribution in [-0.2, 0) is 11.2 Å². The standard InChI is InChI=1S/C20H24N2O3/c1-15-3-6-19(14-21-15)25-18-9-11-22(12-10-18)20(23)13-16-4-7-17(24-2)8-5-16/h3-8,14,18H,9-13H2,1-2H3. The molecule has 0 radical (unpaired) electrons. The minimum absolute atomic E-state index is 0.148. The van der Waals surface area contributed by atoms with Crippen molar-refractivity contribution in [3.63, 3.8) is 0 Å². The highest BCUT2D eigenvalue weighted by Gasteiger charge is 2.24. The normalized spacial score (nSPS) is 15.0. The van der Waals surface area contributed by atoms with E-state index in [9.17, 15) is 4.79 Å². The summed E-state index contributed by atoms with van der Waals surface area (Å²) in [6, 6.07) is 11.6. The number of nitrogens with zero attached hydrogens (tertiary/aromatic N) is 2. The Morgan fingerprint density at radius 2 is 1.80 bits per heavy atom. The first-order valence-corrected chi connectivity index (χ1v) is 8.64. The van der Waals surface area contributed by atoms with Crippen LogP contribution in [0, 0.1) is 6.92 Å². The zero-order valence-electron chi connectivity index (χ0n) is 14.8. The molecule has 1 saturated heterocycles. The third-order valence-electron chi connectivity index (χ3n) is 4.50. The number of amides is 1. The summed E-state index contributed by atoms with van der Waals surface area (Å²) in [7, 11) is 1.64. The molecule has 0 N–H and O–H groups in total. The zero-order chi connectivity index (χ0) is 17.6. The van der Waals surface area contributed by atoms with Crippen LogP contribution in [0.5, 0.6) is 11.5 Å². The van der Waals surface area contributed by atoms with Crippen molar-refractivity contribution in [1.82, 2.24) is 9.88 Å². The lowest BCUT2D eigenvalue weighted by molar-refractivity contribution is -0.132. The third kappa shape index (κ3) is 4.72. The van der Waals surface area contributed by atoms with Gasteiger partial charge in [-0.05, 0) is 36.8 Å². The van der Waals surface area contributed by atoms with Crippen molar-refractivity contribution < 1.29 is 14.3 Å². The van der Waals surface area contributed by atoms with Crippen LogP contribution in [0.2, 0.25) is 0 Å². The monoisotopic (exact) mass is 340 g/mol. The molecule has 0 atom stereocenters. The fourth-order valence-corrected chi connectivity index (χ4v) is 2.97. The Morgan fingerprint density at radius 1 is 1.12 bits per heavy atom. The maximum atomic E-state index is 12.5. The molecule has 0 aliphatic carbocycles. The number of rotatable bonds is 5. The molecule has 1 aromatic carbocycles. The first-order chi connectivity index (χ1) is 12.1. The van der Waals surface area contributed by atoms with Gasteiger partial charge in [0.1, 0.15) is 17.6 Å². The van der Waals surface area contributed by atoms with E-state index in [0.717, 1.165) is 48.7 Å². The predicted octanol–water partition coefficient (Wildman–Crippen LogP) is 3.01. The van der Waals surface area contributed by atoms with E-state index in [0.29, 0.717) is 6.42 Å². The largest absolute Gasteiger partial charge is 0.497 e. The number of likely N-dealkylation sites (tertiary alicyclic amines) is 1. The summed E-state index contributed by atoms with van der Waals surface area (Å²) in [5.41, 5.74) is 1.99. The van der Waals surface area contributed by atoms with Crippen molar-refractivity contribution in [2.75, 3.05) is 20.2 Å². The number of aromatic nitrogens is 1. The molecule has 5 heteroatoms. The zero-order valence-corrected chi connectivity index (χ0v) is 14.8. The molecule has 1 fully saturated rings. The highest BCUT2D eigenvalue weighted by atomic mass is 16.5. The highest BCUT2D eigenvalue weighted by Crippen LogP contribution is 2.19. The van der Waals surface area contributed by atoms with Gasteiger partial charge < -0.3 is 14.4 Å². The Labute approximate surface area is 148 Å². The first kappa shape index (κ1) is 17.3. The molecule has 1 aliphatic rings. The minimum atomic E-state index is 0.148. The van der Waals surface area contributed by atoms with Crippen molar-refractivity contribution in [2.45, 2.75) is 32.3 Å². The van der Waals surface area contributed by atoms with Gasteiger partial charge in [-0.1, -0.05) is 12.1 Å². The van der Waals surface area contributed by atoms with Gasteiger partial charge in [-0.2, -0.15) is 0 Å². The number of aryl methyl sites for hydroxylation is 1. The van der Waals surface area contributed by atoms with Gasteiger partial charge in [-0.25, -0.2) is 0 Å². The second-order valence-electron chi connectivity index (χ2n) is 6.36. The van der Waals surface area contributed by atoms with E-state index < -0.39 is 0 Å². The second-order valence-corrected chi connectivity index (χ2v) is 6.36. The molecule has 132 valence electrons. The summed E-state index contributed by atoms with van der Waals surface area (Å²) in [6.07, 6.45) is 4.04. The molecule has 3 rings (SSSR count). The molecule has 0 saturated carbocycles. The third-order valence-corrected chi connectivity index (χ3v) is 4.50. The Bertz CT molecular complexity index is 690. The van der Waals surface area contributed by atoms with E-state index in [1.54, 1.807) is 13.3 Å². The number of benzene rings is 1. The van der Waals surface area contributed by atoms with E-state index >= 15 is 0 Å². The Hall–Kier alpha value is -2.56. The Morgan fingerprint density at radius 3 is 2.40 bits per heavy atom. The number of carbonyl (C=O) groups is 1. The van der Waals surface area contributed by atoms with Crippen molar-refractivity contribution in [3.8, 4) is 11.5 Å². The average molecular weight is 340 g/mol. The maximum Gasteiger partial charge on any atom is 0.226 e. The fourth-order valence-electron chi connectivity index (χ4n) is 2.97. The van der Waals surface area contributed by atoms with Crippen molar-refractivity contribution in [2.24, 2.45) is 0 Å². The summed E-state index contributed by atoms with van der Waals surface area (Å²) in [5.74, 6) is 1.77. The molecule has 0 unspecified atom stereocenters. The maximum absolute atomic E-state index is 12.5. The van der Waals surface area contributed by atoms with E-state index in [1.807, 2.05) is 48.2 Å². The summed E-state index contributed by atoms with van der Waals surface area (Å²) in [5, 5.41) is 0. The van der Waals surface area contributed by atoms with E-state index in [4.69, 9.17) is 9.47 Å². The van der Waals surface area contributed by atoms with Crippen LogP contribution < -0.4 is 9.47 Å². The van der Waals surface area contributed by atoms with Gasteiger partial charge in [0.15, 0.2) is 0 Å². The van der Waals surface area contributed by atoms with E-state index in [2.05, 4.69) is 4.98 Å². The summed E-state index contributed by atoms with van der Waals surface area (Å²) >= 11 is 0.